The van der Waals surface area contributed by atoms with Crippen LogP contribution in [-0.2, 0) is 17.8 Å². The minimum atomic E-state index is -0.186. The highest BCUT2D eigenvalue weighted by molar-refractivity contribution is 7.99. The zero-order chi connectivity index (χ0) is 22.9. The predicted octanol–water partition coefficient (Wildman–Crippen LogP) is 5.38. The van der Waals surface area contributed by atoms with Gasteiger partial charge in [-0.25, -0.2) is 0 Å². The molecule has 1 N–H and O–H groups in total. The van der Waals surface area contributed by atoms with Crippen molar-refractivity contribution in [1.82, 2.24) is 14.8 Å². The molecule has 1 aliphatic rings. The summed E-state index contributed by atoms with van der Waals surface area (Å²) in [5, 5.41) is 12.7. The van der Waals surface area contributed by atoms with E-state index < -0.39 is 0 Å². The van der Waals surface area contributed by atoms with E-state index in [-0.39, 0.29) is 11.7 Å². The molecule has 1 aliphatic carbocycles. The topological polar surface area (TPSA) is 78.3 Å². The molecular weight excluding hydrogens is 448 g/mol. The van der Waals surface area contributed by atoms with Gasteiger partial charge in [-0.3, -0.25) is 4.79 Å². The second kappa shape index (κ2) is 12.2. The van der Waals surface area contributed by atoms with Crippen LogP contribution in [0.5, 0.6) is 11.5 Å². The number of aryl methyl sites for hydroxylation is 1. The zero-order valence-corrected chi connectivity index (χ0v) is 20.3. The third-order valence-corrected chi connectivity index (χ3v) is 6.95. The summed E-state index contributed by atoms with van der Waals surface area (Å²) < 4.78 is 12.6. The second-order valence-corrected chi connectivity index (χ2v) is 9.21. The number of aromatic nitrogens is 3. The molecule has 1 fully saturated rings. The van der Waals surface area contributed by atoms with E-state index >= 15 is 0 Å². The van der Waals surface area contributed by atoms with Gasteiger partial charge in [-0.15, -0.1) is 16.8 Å². The van der Waals surface area contributed by atoms with E-state index in [4.69, 9.17) is 21.1 Å². The Labute approximate surface area is 198 Å². The number of benzene rings is 1. The van der Waals surface area contributed by atoms with Gasteiger partial charge in [-0.2, -0.15) is 0 Å². The van der Waals surface area contributed by atoms with Crippen molar-refractivity contribution in [3.8, 4) is 11.5 Å². The van der Waals surface area contributed by atoms with Crippen LogP contribution >= 0.6 is 23.4 Å². The van der Waals surface area contributed by atoms with Crippen molar-refractivity contribution in [2.75, 3.05) is 25.3 Å². The van der Waals surface area contributed by atoms with Gasteiger partial charge in [0.15, 0.2) is 5.16 Å². The molecule has 0 radical (unpaired) electrons. The van der Waals surface area contributed by atoms with Crippen LogP contribution in [0, 0.1) is 5.92 Å². The van der Waals surface area contributed by atoms with E-state index in [1.807, 2.05) is 6.08 Å². The van der Waals surface area contributed by atoms with Crippen molar-refractivity contribution >= 4 is 35.0 Å². The Hall–Kier alpha value is -2.19. The van der Waals surface area contributed by atoms with E-state index in [9.17, 15) is 4.79 Å². The Morgan fingerprint density at radius 1 is 1.25 bits per heavy atom. The third kappa shape index (κ3) is 6.42. The number of methoxy groups -OCH3 is 2. The highest BCUT2D eigenvalue weighted by Gasteiger charge is 2.18. The van der Waals surface area contributed by atoms with Gasteiger partial charge in [0.2, 0.25) is 5.91 Å². The van der Waals surface area contributed by atoms with Gasteiger partial charge in [0.1, 0.15) is 17.3 Å². The third-order valence-electron chi connectivity index (χ3n) is 5.69. The molecule has 2 aromatic rings. The van der Waals surface area contributed by atoms with E-state index in [2.05, 4.69) is 26.7 Å². The summed E-state index contributed by atoms with van der Waals surface area (Å²) in [5.74, 6) is 2.67. The number of nitrogens with one attached hydrogen (secondary N) is 1. The maximum atomic E-state index is 12.6. The highest BCUT2D eigenvalue weighted by Crippen LogP contribution is 2.36. The first-order valence-corrected chi connectivity index (χ1v) is 12.3. The van der Waals surface area contributed by atoms with Crippen molar-refractivity contribution < 1.29 is 14.3 Å². The molecule has 1 heterocycles. The number of allylic oxidation sites excluding steroid dienone is 1. The Kier molecular flexibility index (Phi) is 9.29. The van der Waals surface area contributed by atoms with Crippen LogP contribution in [0.15, 0.2) is 29.9 Å². The number of nitrogens with zero attached hydrogens (tertiary/aromatic N) is 3. The van der Waals surface area contributed by atoms with E-state index in [0.717, 1.165) is 29.7 Å². The molecule has 32 heavy (non-hydrogen) atoms. The summed E-state index contributed by atoms with van der Waals surface area (Å²) in [7, 11) is 3.04. The number of amides is 1. The quantitative estimate of drug-likeness (QED) is 0.345. The summed E-state index contributed by atoms with van der Waals surface area (Å²) in [6, 6.07) is 3.26. The summed E-state index contributed by atoms with van der Waals surface area (Å²) in [4.78, 5) is 12.6. The smallest absolute Gasteiger partial charge is 0.234 e. The zero-order valence-electron chi connectivity index (χ0n) is 18.7. The lowest BCUT2D eigenvalue weighted by atomic mass is 9.86. The van der Waals surface area contributed by atoms with Gasteiger partial charge in [-0.1, -0.05) is 61.5 Å². The first kappa shape index (κ1) is 24.5. The van der Waals surface area contributed by atoms with Crippen LogP contribution in [-0.4, -0.2) is 40.6 Å². The maximum Gasteiger partial charge on any atom is 0.234 e. The van der Waals surface area contributed by atoms with Crippen molar-refractivity contribution in [2.45, 2.75) is 56.6 Å². The summed E-state index contributed by atoms with van der Waals surface area (Å²) in [6.45, 7) is 4.48. The maximum absolute atomic E-state index is 12.6. The van der Waals surface area contributed by atoms with Gasteiger partial charge < -0.3 is 19.4 Å². The lowest BCUT2D eigenvalue weighted by molar-refractivity contribution is -0.113. The van der Waals surface area contributed by atoms with Crippen LogP contribution in [0.2, 0.25) is 5.02 Å². The fourth-order valence-electron chi connectivity index (χ4n) is 4.01. The SMILES string of the molecule is C=CCn1c(CCC2CCCCC2)nnc1SCC(=O)Nc1cc(OC)c(Cl)cc1OC. The van der Waals surface area contributed by atoms with E-state index in [1.54, 1.807) is 12.1 Å². The number of carbonyl (C=O) groups is 1. The number of anilines is 1. The molecule has 1 aromatic heterocycles. The van der Waals surface area contributed by atoms with Crippen molar-refractivity contribution in [3.63, 3.8) is 0 Å². The van der Waals surface area contributed by atoms with Crippen molar-refractivity contribution in [3.05, 3.63) is 35.6 Å². The average Bonchev–Trinajstić information content (AvgIpc) is 3.19. The van der Waals surface area contributed by atoms with Gasteiger partial charge >= 0.3 is 0 Å². The first-order chi connectivity index (χ1) is 15.5. The van der Waals surface area contributed by atoms with Crippen LogP contribution in [0.3, 0.4) is 0 Å². The minimum absolute atomic E-state index is 0.186. The lowest BCUT2D eigenvalue weighted by Gasteiger charge is -2.21. The number of hydrogen-bond donors (Lipinski definition) is 1. The number of rotatable bonds is 11. The molecule has 0 aliphatic heterocycles. The molecule has 0 unspecified atom stereocenters. The highest BCUT2D eigenvalue weighted by atomic mass is 35.5. The van der Waals surface area contributed by atoms with Crippen LogP contribution in [0.25, 0.3) is 0 Å². The fraction of sp³-hybridized carbons (Fsp3) is 0.522. The predicted molar refractivity (Wildman–Crippen MR) is 129 cm³/mol. The summed E-state index contributed by atoms with van der Waals surface area (Å²) in [5.41, 5.74) is 0.500. The van der Waals surface area contributed by atoms with Crippen LogP contribution in [0.1, 0.15) is 44.3 Å². The molecule has 9 heteroatoms. The molecule has 1 amide bonds. The van der Waals surface area contributed by atoms with Crippen LogP contribution in [0.4, 0.5) is 5.69 Å². The Balaban J connectivity index is 1.61. The van der Waals surface area contributed by atoms with Crippen molar-refractivity contribution in [1.29, 1.82) is 0 Å². The van der Waals surface area contributed by atoms with Gasteiger partial charge in [0, 0.05) is 25.1 Å². The number of halogens is 1. The Morgan fingerprint density at radius 2 is 2.00 bits per heavy atom. The Morgan fingerprint density at radius 3 is 2.69 bits per heavy atom. The standard InChI is InChI=1S/C23H31ClN4O3S/c1-4-12-28-21(11-10-16-8-6-5-7-9-16)26-27-23(28)32-15-22(29)25-18-14-19(30-2)17(24)13-20(18)31-3/h4,13-14,16H,1,5-12,15H2,2-3H3,(H,25,29). The summed E-state index contributed by atoms with van der Waals surface area (Å²) in [6.07, 6.45) is 10.5. The monoisotopic (exact) mass is 478 g/mol. The molecule has 0 bridgehead atoms. The van der Waals surface area contributed by atoms with Crippen LogP contribution < -0.4 is 14.8 Å². The number of ether oxygens (including phenoxy) is 2. The van der Waals surface area contributed by atoms with E-state index in [1.165, 1.54) is 58.1 Å². The molecule has 0 spiro atoms. The average molecular weight is 479 g/mol. The molecule has 0 atom stereocenters. The molecule has 3 rings (SSSR count). The molecule has 174 valence electrons. The largest absolute Gasteiger partial charge is 0.495 e. The molecule has 1 aromatic carbocycles. The molecular formula is C23H31ClN4O3S. The summed E-state index contributed by atoms with van der Waals surface area (Å²) >= 11 is 7.49. The van der Waals surface area contributed by atoms with Crippen molar-refractivity contribution in [2.24, 2.45) is 5.92 Å². The van der Waals surface area contributed by atoms with Gasteiger partial charge in [0.25, 0.3) is 0 Å². The van der Waals surface area contributed by atoms with E-state index in [0.29, 0.717) is 28.8 Å². The second-order valence-electron chi connectivity index (χ2n) is 7.86. The van der Waals surface area contributed by atoms with Gasteiger partial charge in [0.05, 0.1) is 30.7 Å². The Bertz CT molecular complexity index is 928. The molecule has 7 nitrogen and oxygen atoms in total. The minimum Gasteiger partial charge on any atom is -0.495 e. The molecule has 1 saturated carbocycles. The molecule has 0 saturated heterocycles. The first-order valence-electron chi connectivity index (χ1n) is 10.9. The van der Waals surface area contributed by atoms with Gasteiger partial charge in [-0.05, 0) is 12.3 Å². The number of carbonyl (C=O) groups excluding carboxylic acids is 1. The number of hydrogen-bond acceptors (Lipinski definition) is 6. The lowest BCUT2D eigenvalue weighted by Crippen LogP contribution is -2.15. The number of thioether (sulfide) groups is 1. The fourth-order valence-corrected chi connectivity index (χ4v) is 5.00. The normalized spacial score (nSPS) is 14.2.